The number of rotatable bonds is 2. The van der Waals surface area contributed by atoms with Gasteiger partial charge in [0.1, 0.15) is 7.05 Å². The van der Waals surface area contributed by atoms with Gasteiger partial charge in [-0.25, -0.2) is 4.79 Å². The number of aryl methyl sites for hydroxylation is 1. The molecule has 0 aliphatic heterocycles. The van der Waals surface area contributed by atoms with Crippen LogP contribution in [0.4, 0.5) is 0 Å². The van der Waals surface area contributed by atoms with Crippen LogP contribution in [0.5, 0.6) is 0 Å². The molecule has 0 aliphatic rings. The van der Waals surface area contributed by atoms with Crippen molar-refractivity contribution in [1.82, 2.24) is 0 Å². The van der Waals surface area contributed by atoms with Crippen LogP contribution < -0.4 is 4.57 Å². The molecule has 0 N–H and O–H groups in total. The molecule has 0 fully saturated rings. The van der Waals surface area contributed by atoms with E-state index < -0.39 is 0 Å². The fourth-order valence-corrected chi connectivity index (χ4v) is 1.01. The Bertz CT molecular complexity index is 308. The summed E-state index contributed by atoms with van der Waals surface area (Å²) >= 11 is 0. The van der Waals surface area contributed by atoms with Crippen molar-refractivity contribution in [2.24, 2.45) is 7.05 Å². The zero-order valence-corrected chi connectivity index (χ0v) is 8.15. The summed E-state index contributed by atoms with van der Waals surface area (Å²) < 4.78 is 6.80. The Hall–Kier alpha value is -1.38. The largest absolute Gasteiger partial charge is 0.455 e. The molecule has 13 heavy (non-hydrogen) atoms. The average molecular weight is 180 g/mol. The predicted octanol–water partition coefficient (Wildman–Crippen LogP) is 1.08. The molecule has 3 nitrogen and oxygen atoms in total. The van der Waals surface area contributed by atoms with E-state index in [1.807, 2.05) is 39.2 Å². The fraction of sp³-hybridized carbons (Fsp3) is 0.400. The quantitative estimate of drug-likeness (QED) is 0.503. The number of ether oxygens (including phenoxy) is 1. The minimum Gasteiger partial charge on any atom is -0.455 e. The lowest BCUT2D eigenvalue weighted by Gasteiger charge is -2.05. The Labute approximate surface area is 78.0 Å². The Balaban J connectivity index is 2.83. The van der Waals surface area contributed by atoms with Crippen molar-refractivity contribution < 1.29 is 14.1 Å². The summed E-state index contributed by atoms with van der Waals surface area (Å²) in [6.45, 7) is 3.67. The average Bonchev–Trinajstić information content (AvgIpc) is 2.03. The Kier molecular flexibility index (Phi) is 3.01. The summed E-state index contributed by atoms with van der Waals surface area (Å²) in [6, 6.07) is 5.42. The van der Waals surface area contributed by atoms with Gasteiger partial charge in [0.15, 0.2) is 6.20 Å². The van der Waals surface area contributed by atoms with Gasteiger partial charge in [0.2, 0.25) is 0 Å². The summed E-state index contributed by atoms with van der Waals surface area (Å²) in [6.07, 6.45) is 1.74. The molecule has 0 aromatic carbocycles. The highest BCUT2D eigenvalue weighted by molar-refractivity contribution is 5.85. The molecule has 0 saturated carbocycles. The zero-order valence-electron chi connectivity index (χ0n) is 8.15. The fourth-order valence-electron chi connectivity index (χ4n) is 1.01. The Morgan fingerprint density at radius 3 is 2.69 bits per heavy atom. The van der Waals surface area contributed by atoms with Gasteiger partial charge in [-0.1, -0.05) is 0 Å². The first-order chi connectivity index (χ1) is 6.11. The number of aromatic nitrogens is 1. The highest BCUT2D eigenvalue weighted by atomic mass is 16.5. The van der Waals surface area contributed by atoms with E-state index in [1.54, 1.807) is 10.6 Å². The Morgan fingerprint density at radius 2 is 2.15 bits per heavy atom. The van der Waals surface area contributed by atoms with Crippen molar-refractivity contribution in [2.45, 2.75) is 20.0 Å². The maximum absolute atomic E-state index is 11.4. The van der Waals surface area contributed by atoms with E-state index in [1.165, 1.54) is 0 Å². The number of carbonyl (C=O) groups excluding carboxylic acids is 1. The number of carbonyl (C=O) groups is 1. The number of pyridine rings is 1. The van der Waals surface area contributed by atoms with E-state index in [0.29, 0.717) is 5.69 Å². The standard InChI is InChI=1S/C10H14NO2/c1-8(2)13-10(12)9-6-4-5-7-11(9)3/h4-8H,1-3H3/q+1. The van der Waals surface area contributed by atoms with E-state index in [0.717, 1.165) is 0 Å². The van der Waals surface area contributed by atoms with Crippen molar-refractivity contribution in [2.75, 3.05) is 0 Å². The second-order valence-electron chi connectivity index (χ2n) is 3.15. The van der Waals surface area contributed by atoms with Crippen molar-refractivity contribution in [3.05, 3.63) is 30.1 Å². The van der Waals surface area contributed by atoms with Gasteiger partial charge in [-0.15, -0.1) is 0 Å². The lowest BCUT2D eigenvalue weighted by atomic mass is 10.3. The van der Waals surface area contributed by atoms with Crippen LogP contribution in [-0.4, -0.2) is 12.1 Å². The summed E-state index contributed by atoms with van der Waals surface area (Å²) in [5.41, 5.74) is 0.566. The van der Waals surface area contributed by atoms with Gasteiger partial charge in [0.25, 0.3) is 5.69 Å². The van der Waals surface area contributed by atoms with Crippen molar-refractivity contribution in [3.8, 4) is 0 Å². The van der Waals surface area contributed by atoms with Crippen molar-refractivity contribution >= 4 is 5.97 Å². The van der Waals surface area contributed by atoms with Gasteiger partial charge in [-0.3, -0.25) is 0 Å². The highest BCUT2D eigenvalue weighted by Gasteiger charge is 2.17. The lowest BCUT2D eigenvalue weighted by molar-refractivity contribution is -0.674. The van der Waals surface area contributed by atoms with Gasteiger partial charge in [-0.2, -0.15) is 4.57 Å². The monoisotopic (exact) mass is 180 g/mol. The van der Waals surface area contributed by atoms with Gasteiger partial charge >= 0.3 is 5.97 Å². The summed E-state index contributed by atoms with van der Waals surface area (Å²) in [5.74, 6) is -0.280. The van der Waals surface area contributed by atoms with Crippen molar-refractivity contribution in [3.63, 3.8) is 0 Å². The second-order valence-corrected chi connectivity index (χ2v) is 3.15. The van der Waals surface area contributed by atoms with Gasteiger partial charge in [0.05, 0.1) is 6.10 Å². The molecule has 1 heterocycles. The molecule has 1 aromatic rings. The minimum absolute atomic E-state index is 0.0762. The van der Waals surface area contributed by atoms with Gasteiger partial charge in [0, 0.05) is 12.1 Å². The molecule has 0 radical (unpaired) electrons. The van der Waals surface area contributed by atoms with Crippen LogP contribution in [0.2, 0.25) is 0 Å². The number of hydrogen-bond donors (Lipinski definition) is 0. The summed E-state index contributed by atoms with van der Waals surface area (Å²) in [7, 11) is 1.82. The van der Waals surface area contributed by atoms with E-state index in [9.17, 15) is 4.79 Å². The molecule has 0 aliphatic carbocycles. The molecule has 0 amide bonds. The first-order valence-corrected chi connectivity index (χ1v) is 4.27. The number of hydrogen-bond acceptors (Lipinski definition) is 2. The van der Waals surface area contributed by atoms with Crippen LogP contribution in [0.3, 0.4) is 0 Å². The van der Waals surface area contributed by atoms with Crippen LogP contribution >= 0.6 is 0 Å². The maximum atomic E-state index is 11.4. The number of nitrogens with zero attached hydrogens (tertiary/aromatic N) is 1. The van der Waals surface area contributed by atoms with Crippen LogP contribution in [0, 0.1) is 0 Å². The lowest BCUT2D eigenvalue weighted by Crippen LogP contribution is -2.36. The predicted molar refractivity (Wildman–Crippen MR) is 48.2 cm³/mol. The third-order valence-corrected chi connectivity index (χ3v) is 1.61. The maximum Gasteiger partial charge on any atom is 0.403 e. The van der Waals surface area contributed by atoms with Gasteiger partial charge < -0.3 is 4.74 Å². The SMILES string of the molecule is CC(C)OC(=O)c1cccc[n+]1C. The van der Waals surface area contributed by atoms with Crippen LogP contribution in [0.25, 0.3) is 0 Å². The van der Waals surface area contributed by atoms with E-state index in [2.05, 4.69) is 0 Å². The van der Waals surface area contributed by atoms with E-state index in [4.69, 9.17) is 4.74 Å². The molecule has 3 heteroatoms. The van der Waals surface area contributed by atoms with Crippen molar-refractivity contribution in [1.29, 1.82) is 0 Å². The van der Waals surface area contributed by atoms with Gasteiger partial charge in [-0.05, 0) is 19.9 Å². The molecule has 0 unspecified atom stereocenters. The summed E-state index contributed by atoms with van der Waals surface area (Å²) in [5, 5.41) is 0. The second kappa shape index (κ2) is 4.03. The molecule has 0 atom stereocenters. The van der Waals surface area contributed by atoms with Crippen LogP contribution in [0.1, 0.15) is 24.3 Å². The molecule has 1 rings (SSSR count). The van der Waals surface area contributed by atoms with E-state index >= 15 is 0 Å². The third kappa shape index (κ3) is 2.54. The third-order valence-electron chi connectivity index (χ3n) is 1.61. The van der Waals surface area contributed by atoms with Crippen LogP contribution in [-0.2, 0) is 11.8 Å². The molecule has 0 saturated heterocycles. The first kappa shape index (κ1) is 9.71. The normalized spacial score (nSPS) is 10.2. The zero-order chi connectivity index (χ0) is 9.84. The molecule has 0 bridgehead atoms. The van der Waals surface area contributed by atoms with E-state index in [-0.39, 0.29) is 12.1 Å². The Morgan fingerprint density at radius 1 is 1.46 bits per heavy atom. The molecular weight excluding hydrogens is 166 g/mol. The van der Waals surface area contributed by atoms with Crippen LogP contribution in [0.15, 0.2) is 24.4 Å². The molecule has 70 valence electrons. The molecule has 0 spiro atoms. The smallest absolute Gasteiger partial charge is 0.403 e. The first-order valence-electron chi connectivity index (χ1n) is 4.27. The summed E-state index contributed by atoms with van der Waals surface area (Å²) in [4.78, 5) is 11.4. The topological polar surface area (TPSA) is 30.2 Å². The molecular formula is C10H14NO2+. The highest BCUT2D eigenvalue weighted by Crippen LogP contribution is 1.97. The molecule has 1 aromatic heterocycles. The number of esters is 1. The minimum atomic E-state index is -0.280.